The quantitative estimate of drug-likeness (QED) is 0.359. The zero-order chi connectivity index (χ0) is 23.2. The van der Waals surface area contributed by atoms with Gasteiger partial charge in [-0.1, -0.05) is 69.5 Å². The van der Waals surface area contributed by atoms with Crippen molar-refractivity contribution < 1.29 is 14.6 Å². The number of hydrogen-bond donors (Lipinski definition) is 3. The van der Waals surface area contributed by atoms with Gasteiger partial charge in [0.2, 0.25) is 5.91 Å². The molecule has 3 N–H and O–H groups in total. The van der Waals surface area contributed by atoms with E-state index in [1.807, 2.05) is 24.3 Å². The molecule has 32 heavy (non-hydrogen) atoms. The van der Waals surface area contributed by atoms with Gasteiger partial charge in [-0.3, -0.25) is 4.79 Å². The third-order valence-electron chi connectivity index (χ3n) is 5.56. The lowest BCUT2D eigenvalue weighted by molar-refractivity contribution is -0.120. The molecule has 0 saturated heterocycles. The summed E-state index contributed by atoms with van der Waals surface area (Å²) in [6, 6.07) is 16.0. The summed E-state index contributed by atoms with van der Waals surface area (Å²) in [5, 5.41) is 17.0. The highest BCUT2D eigenvalue weighted by Crippen LogP contribution is 2.16. The molecule has 2 rings (SSSR count). The number of nitrogens with one attached hydrogen (secondary N) is 2. The topological polar surface area (TPSA) is 70.6 Å². The van der Waals surface area contributed by atoms with E-state index < -0.39 is 6.10 Å². The molecule has 2 atom stereocenters. The van der Waals surface area contributed by atoms with Gasteiger partial charge in [-0.15, -0.1) is 0 Å². The van der Waals surface area contributed by atoms with Crippen LogP contribution in [0.3, 0.4) is 0 Å². The summed E-state index contributed by atoms with van der Waals surface area (Å²) in [7, 11) is 0. The summed E-state index contributed by atoms with van der Waals surface area (Å²) in [6.07, 6.45) is 5.52. The number of aliphatic hydroxyl groups is 1. The predicted molar refractivity (Wildman–Crippen MR) is 131 cm³/mol. The van der Waals surface area contributed by atoms with E-state index in [1.165, 1.54) is 37.3 Å². The highest BCUT2D eigenvalue weighted by molar-refractivity contribution is 5.73. The first-order valence-electron chi connectivity index (χ1n) is 12.0. The third kappa shape index (κ3) is 9.84. The molecule has 0 aliphatic carbocycles. The van der Waals surface area contributed by atoms with Crippen molar-refractivity contribution in [2.24, 2.45) is 0 Å². The van der Waals surface area contributed by atoms with Gasteiger partial charge in [0.1, 0.15) is 5.75 Å². The Morgan fingerprint density at radius 1 is 1.00 bits per heavy atom. The summed E-state index contributed by atoms with van der Waals surface area (Å²) < 4.78 is 5.89. The van der Waals surface area contributed by atoms with Crippen LogP contribution in [0.25, 0.3) is 0 Å². The average Bonchev–Trinajstić information content (AvgIpc) is 2.78. The Morgan fingerprint density at radius 3 is 2.50 bits per heavy atom. The fourth-order valence-electron chi connectivity index (χ4n) is 3.75. The minimum Gasteiger partial charge on any atom is -0.494 e. The Kier molecular flexibility index (Phi) is 11.8. The van der Waals surface area contributed by atoms with Crippen LogP contribution in [0.15, 0.2) is 48.5 Å². The van der Waals surface area contributed by atoms with Crippen molar-refractivity contribution in [3.05, 3.63) is 65.2 Å². The summed E-state index contributed by atoms with van der Waals surface area (Å²) in [5.41, 5.74) is 3.52. The van der Waals surface area contributed by atoms with Gasteiger partial charge in [0.25, 0.3) is 0 Å². The first kappa shape index (κ1) is 25.9. The van der Waals surface area contributed by atoms with E-state index in [-0.39, 0.29) is 11.9 Å². The second-order valence-corrected chi connectivity index (χ2v) is 8.44. The Morgan fingerprint density at radius 2 is 1.75 bits per heavy atom. The van der Waals surface area contributed by atoms with Crippen LogP contribution in [0, 0.1) is 0 Å². The molecule has 0 heterocycles. The van der Waals surface area contributed by atoms with Gasteiger partial charge < -0.3 is 20.5 Å². The van der Waals surface area contributed by atoms with Crippen LogP contribution in [0.1, 0.15) is 63.1 Å². The van der Waals surface area contributed by atoms with Gasteiger partial charge in [0, 0.05) is 20.0 Å². The zero-order valence-electron chi connectivity index (χ0n) is 19.9. The predicted octanol–water partition coefficient (Wildman–Crippen LogP) is 4.41. The van der Waals surface area contributed by atoms with Gasteiger partial charge in [-0.05, 0) is 48.1 Å². The molecule has 176 valence electrons. The molecule has 2 aromatic rings. The van der Waals surface area contributed by atoms with Gasteiger partial charge >= 0.3 is 0 Å². The largest absolute Gasteiger partial charge is 0.494 e. The molecule has 5 nitrogen and oxygen atoms in total. The number of benzene rings is 2. The van der Waals surface area contributed by atoms with E-state index in [9.17, 15) is 9.90 Å². The fourth-order valence-corrected chi connectivity index (χ4v) is 3.75. The molecule has 0 aliphatic rings. The molecule has 0 aromatic heterocycles. The second-order valence-electron chi connectivity index (χ2n) is 8.44. The second kappa shape index (κ2) is 14.6. The van der Waals surface area contributed by atoms with Gasteiger partial charge in [0.05, 0.1) is 18.8 Å². The van der Waals surface area contributed by atoms with Crippen molar-refractivity contribution in [3.63, 3.8) is 0 Å². The van der Waals surface area contributed by atoms with Crippen LogP contribution >= 0.6 is 0 Å². The van der Waals surface area contributed by atoms with E-state index in [2.05, 4.69) is 48.7 Å². The number of amides is 1. The van der Waals surface area contributed by atoms with Crippen LogP contribution in [0.2, 0.25) is 0 Å². The first-order valence-corrected chi connectivity index (χ1v) is 12.0. The van der Waals surface area contributed by atoms with E-state index in [1.54, 1.807) is 0 Å². The van der Waals surface area contributed by atoms with Crippen LogP contribution in [-0.2, 0) is 24.2 Å². The maximum atomic E-state index is 11.7. The number of unbranched alkanes of at least 4 members (excludes halogenated alkanes) is 3. The number of aryl methyl sites for hydroxylation is 1. The minimum atomic E-state index is -0.702. The van der Waals surface area contributed by atoms with Gasteiger partial charge in [-0.25, -0.2) is 0 Å². The molecular weight excluding hydrogens is 400 g/mol. The molecule has 0 aliphatic heterocycles. The summed E-state index contributed by atoms with van der Waals surface area (Å²) >= 11 is 0. The lowest BCUT2D eigenvalue weighted by Crippen LogP contribution is -2.48. The standard InChI is InChI=1S/C27H40N2O3/c1-4-6-7-8-15-32-25-14-10-12-23(17-25)18-26(29-21(3)30)27(31)20-28-19-24-13-9-11-22(5-2)16-24/h9-14,16-17,26-28,31H,4-8,15,18-20H2,1-3H3,(H,29,30). The molecule has 5 heteroatoms. The number of carbonyl (C=O) groups is 1. The number of aliphatic hydroxyl groups excluding tert-OH is 1. The molecule has 2 unspecified atom stereocenters. The van der Waals surface area contributed by atoms with Crippen molar-refractivity contribution in [1.29, 1.82) is 0 Å². The van der Waals surface area contributed by atoms with Crippen molar-refractivity contribution in [1.82, 2.24) is 10.6 Å². The maximum absolute atomic E-state index is 11.7. The maximum Gasteiger partial charge on any atom is 0.217 e. The normalized spacial score (nSPS) is 12.9. The molecule has 0 saturated carbocycles. The van der Waals surface area contributed by atoms with Crippen molar-refractivity contribution in [2.45, 2.75) is 78.0 Å². The SMILES string of the molecule is CCCCCCOc1cccc(CC(NC(C)=O)C(O)CNCc2cccc(CC)c2)c1. The zero-order valence-corrected chi connectivity index (χ0v) is 19.9. The van der Waals surface area contributed by atoms with Crippen LogP contribution in [-0.4, -0.2) is 36.3 Å². The minimum absolute atomic E-state index is 0.145. The van der Waals surface area contributed by atoms with E-state index in [4.69, 9.17) is 4.74 Å². The third-order valence-corrected chi connectivity index (χ3v) is 5.56. The van der Waals surface area contributed by atoms with Crippen molar-refractivity contribution in [3.8, 4) is 5.75 Å². The fraction of sp³-hybridized carbons (Fsp3) is 0.519. The van der Waals surface area contributed by atoms with E-state index in [0.717, 1.165) is 24.2 Å². The van der Waals surface area contributed by atoms with Crippen LogP contribution in [0.5, 0.6) is 5.75 Å². The number of ether oxygens (including phenoxy) is 1. The highest BCUT2D eigenvalue weighted by atomic mass is 16.5. The van der Waals surface area contributed by atoms with Gasteiger partial charge in [0.15, 0.2) is 0 Å². The summed E-state index contributed by atoms with van der Waals surface area (Å²) in [4.78, 5) is 11.7. The van der Waals surface area contributed by atoms with E-state index in [0.29, 0.717) is 26.1 Å². The smallest absolute Gasteiger partial charge is 0.217 e. The molecule has 0 fully saturated rings. The number of rotatable bonds is 15. The number of hydrogen-bond acceptors (Lipinski definition) is 4. The molecule has 0 radical (unpaired) electrons. The van der Waals surface area contributed by atoms with Crippen molar-refractivity contribution >= 4 is 5.91 Å². The van der Waals surface area contributed by atoms with Crippen molar-refractivity contribution in [2.75, 3.05) is 13.2 Å². The lowest BCUT2D eigenvalue weighted by Gasteiger charge is -2.24. The van der Waals surface area contributed by atoms with Crippen LogP contribution < -0.4 is 15.4 Å². The average molecular weight is 441 g/mol. The lowest BCUT2D eigenvalue weighted by atomic mass is 10.0. The number of carbonyl (C=O) groups excluding carboxylic acids is 1. The Balaban J connectivity index is 1.89. The first-order chi connectivity index (χ1) is 15.5. The molecule has 0 bridgehead atoms. The molecular formula is C27H40N2O3. The Hall–Kier alpha value is -2.37. The molecule has 1 amide bonds. The van der Waals surface area contributed by atoms with Gasteiger partial charge in [-0.2, -0.15) is 0 Å². The van der Waals surface area contributed by atoms with E-state index >= 15 is 0 Å². The summed E-state index contributed by atoms with van der Waals surface area (Å²) in [6.45, 7) is 7.61. The Labute approximate surface area is 193 Å². The Bertz CT molecular complexity index is 809. The van der Waals surface area contributed by atoms with Crippen LogP contribution in [0.4, 0.5) is 0 Å². The summed E-state index contributed by atoms with van der Waals surface area (Å²) in [5.74, 6) is 0.692. The monoisotopic (exact) mass is 440 g/mol. The molecule has 0 spiro atoms. The molecule has 2 aromatic carbocycles. The highest BCUT2D eigenvalue weighted by Gasteiger charge is 2.20.